The molecule has 1 spiro atoms. The number of urea groups is 1. The molecule has 9 heteroatoms. The average Bonchev–Trinajstić information content (AvgIpc) is 2.92. The van der Waals surface area contributed by atoms with Gasteiger partial charge in [-0.25, -0.2) is 4.79 Å². The summed E-state index contributed by atoms with van der Waals surface area (Å²) in [4.78, 5) is 38.7. The van der Waals surface area contributed by atoms with E-state index in [1.165, 1.54) is 12.1 Å². The number of alkyl halides is 2. The highest BCUT2D eigenvalue weighted by Crippen LogP contribution is 2.43. The van der Waals surface area contributed by atoms with Gasteiger partial charge < -0.3 is 15.4 Å². The first-order valence-corrected chi connectivity index (χ1v) is 10.9. The van der Waals surface area contributed by atoms with Crippen LogP contribution < -0.4 is 15.4 Å². The highest BCUT2D eigenvalue weighted by molar-refractivity contribution is 6.09. The maximum absolute atomic E-state index is 13.0. The van der Waals surface area contributed by atoms with Crippen LogP contribution in [0.25, 0.3) is 0 Å². The molecule has 2 N–H and O–H groups in total. The van der Waals surface area contributed by atoms with Crippen LogP contribution >= 0.6 is 0 Å². The smallest absolute Gasteiger partial charge is 0.387 e. The molecular formula is C23H31F2N3O4. The minimum absolute atomic E-state index is 0.0665. The van der Waals surface area contributed by atoms with E-state index in [-0.39, 0.29) is 30.2 Å². The van der Waals surface area contributed by atoms with Gasteiger partial charge in [-0.3, -0.25) is 14.5 Å². The van der Waals surface area contributed by atoms with Gasteiger partial charge in [0.05, 0.1) is 0 Å². The lowest BCUT2D eigenvalue weighted by Crippen LogP contribution is -2.51. The molecule has 2 aliphatic rings. The lowest BCUT2D eigenvalue weighted by atomic mass is 9.67. The van der Waals surface area contributed by atoms with Gasteiger partial charge >= 0.3 is 12.6 Å². The predicted octanol–water partition coefficient (Wildman–Crippen LogP) is 3.47. The van der Waals surface area contributed by atoms with Gasteiger partial charge in [-0.1, -0.05) is 32.9 Å². The summed E-state index contributed by atoms with van der Waals surface area (Å²) in [5.74, 6) is -0.186. The number of benzene rings is 1. The number of imide groups is 1. The summed E-state index contributed by atoms with van der Waals surface area (Å²) in [6, 6.07) is 5.63. The van der Waals surface area contributed by atoms with E-state index in [1.54, 1.807) is 12.1 Å². The zero-order chi connectivity index (χ0) is 23.5. The normalized spacial score (nSPS) is 23.6. The van der Waals surface area contributed by atoms with Crippen LogP contribution in [0.15, 0.2) is 24.3 Å². The molecule has 1 heterocycles. The van der Waals surface area contributed by atoms with E-state index in [2.05, 4.69) is 36.1 Å². The van der Waals surface area contributed by atoms with Gasteiger partial charge in [-0.05, 0) is 61.1 Å². The summed E-state index contributed by atoms with van der Waals surface area (Å²) in [7, 11) is 0. The first-order chi connectivity index (χ1) is 15.0. The Morgan fingerprint density at radius 3 is 2.41 bits per heavy atom. The Morgan fingerprint density at radius 2 is 1.84 bits per heavy atom. The highest BCUT2D eigenvalue weighted by atomic mass is 19.3. The van der Waals surface area contributed by atoms with Crippen LogP contribution in [-0.2, 0) is 16.0 Å². The molecule has 1 aromatic carbocycles. The summed E-state index contributed by atoms with van der Waals surface area (Å²) in [5, 5.41) is 5.54. The van der Waals surface area contributed by atoms with Crippen molar-refractivity contribution in [1.82, 2.24) is 15.5 Å². The van der Waals surface area contributed by atoms with Crippen LogP contribution in [0.4, 0.5) is 13.6 Å². The van der Waals surface area contributed by atoms with Crippen LogP contribution in [0, 0.1) is 11.3 Å². The van der Waals surface area contributed by atoms with Gasteiger partial charge in [0.25, 0.3) is 5.91 Å². The van der Waals surface area contributed by atoms with Crippen LogP contribution in [-0.4, -0.2) is 48.0 Å². The van der Waals surface area contributed by atoms with Crippen molar-refractivity contribution in [2.24, 2.45) is 11.3 Å². The summed E-state index contributed by atoms with van der Waals surface area (Å²) in [6.07, 6.45) is 3.36. The molecule has 0 bridgehead atoms. The zero-order valence-corrected chi connectivity index (χ0v) is 18.7. The number of carbonyl (C=O) groups is 3. The number of amides is 4. The van der Waals surface area contributed by atoms with Gasteiger partial charge in [0.1, 0.15) is 17.8 Å². The Morgan fingerprint density at radius 1 is 1.22 bits per heavy atom. The Hall–Kier alpha value is -2.71. The fourth-order valence-electron chi connectivity index (χ4n) is 4.52. The SMILES string of the molecule is CC(C)(C)C1CCC2(CC1)NC(=O)N(CC(=O)NCCc1ccc(OC(F)F)cc1)C2=O. The van der Waals surface area contributed by atoms with Gasteiger partial charge in [-0.15, -0.1) is 0 Å². The lowest BCUT2D eigenvalue weighted by molar-refractivity contribution is -0.136. The summed E-state index contributed by atoms with van der Waals surface area (Å²) < 4.78 is 28.7. The molecule has 7 nitrogen and oxygen atoms in total. The molecule has 0 atom stereocenters. The van der Waals surface area contributed by atoms with Crippen LogP contribution in [0.3, 0.4) is 0 Å². The number of hydrogen-bond donors (Lipinski definition) is 2. The first-order valence-electron chi connectivity index (χ1n) is 10.9. The van der Waals surface area contributed by atoms with Gasteiger partial charge in [0, 0.05) is 6.54 Å². The lowest BCUT2D eigenvalue weighted by Gasteiger charge is -2.40. The second kappa shape index (κ2) is 9.42. The van der Waals surface area contributed by atoms with E-state index in [0.29, 0.717) is 25.2 Å². The fourth-order valence-corrected chi connectivity index (χ4v) is 4.52. The van der Waals surface area contributed by atoms with Crippen LogP contribution in [0.5, 0.6) is 5.75 Å². The van der Waals surface area contributed by atoms with E-state index in [9.17, 15) is 23.2 Å². The second-order valence-corrected chi connectivity index (χ2v) is 9.67. The largest absolute Gasteiger partial charge is 0.435 e. The molecule has 32 heavy (non-hydrogen) atoms. The van der Waals surface area contributed by atoms with Crippen LogP contribution in [0.1, 0.15) is 52.0 Å². The molecule has 1 aliphatic carbocycles. The molecule has 4 amide bonds. The number of halogens is 2. The third kappa shape index (κ3) is 5.55. The zero-order valence-electron chi connectivity index (χ0n) is 18.7. The number of nitrogens with zero attached hydrogens (tertiary/aromatic N) is 1. The van der Waals surface area contributed by atoms with E-state index < -0.39 is 24.1 Å². The summed E-state index contributed by atoms with van der Waals surface area (Å²) >= 11 is 0. The molecule has 0 radical (unpaired) electrons. The third-order valence-electron chi connectivity index (χ3n) is 6.50. The van der Waals surface area contributed by atoms with Crippen molar-refractivity contribution in [3.05, 3.63) is 29.8 Å². The maximum Gasteiger partial charge on any atom is 0.387 e. The van der Waals surface area contributed by atoms with E-state index >= 15 is 0 Å². The van der Waals surface area contributed by atoms with Crippen molar-refractivity contribution in [3.8, 4) is 5.75 Å². The molecule has 3 rings (SSSR count). The second-order valence-electron chi connectivity index (χ2n) is 9.67. The number of ether oxygens (including phenoxy) is 1. The van der Waals surface area contributed by atoms with Crippen molar-refractivity contribution >= 4 is 17.8 Å². The highest BCUT2D eigenvalue weighted by Gasteiger charge is 2.53. The monoisotopic (exact) mass is 451 g/mol. The average molecular weight is 452 g/mol. The Kier molecular flexibility index (Phi) is 7.05. The Bertz CT molecular complexity index is 844. The van der Waals surface area contributed by atoms with E-state index in [1.807, 2.05) is 0 Å². The van der Waals surface area contributed by atoms with Crippen LogP contribution in [0.2, 0.25) is 0 Å². The Labute approximate surface area is 186 Å². The summed E-state index contributed by atoms with van der Waals surface area (Å²) in [6.45, 7) is 3.65. The number of carbonyl (C=O) groups excluding carboxylic acids is 3. The molecule has 1 saturated heterocycles. The van der Waals surface area contributed by atoms with Gasteiger partial charge in [0.2, 0.25) is 5.91 Å². The van der Waals surface area contributed by atoms with Crippen molar-refractivity contribution in [2.75, 3.05) is 13.1 Å². The first kappa shape index (κ1) is 23.9. The molecule has 1 saturated carbocycles. The fraction of sp³-hybridized carbons (Fsp3) is 0.609. The molecule has 2 fully saturated rings. The molecule has 1 aromatic rings. The molecular weight excluding hydrogens is 420 g/mol. The van der Waals surface area contributed by atoms with Crippen molar-refractivity contribution in [3.63, 3.8) is 0 Å². The number of hydrogen-bond acceptors (Lipinski definition) is 4. The van der Waals surface area contributed by atoms with Crippen molar-refractivity contribution in [1.29, 1.82) is 0 Å². The van der Waals surface area contributed by atoms with Crippen molar-refractivity contribution < 1.29 is 27.9 Å². The number of nitrogens with one attached hydrogen (secondary N) is 2. The van der Waals surface area contributed by atoms with E-state index in [0.717, 1.165) is 23.3 Å². The molecule has 0 aromatic heterocycles. The van der Waals surface area contributed by atoms with Gasteiger partial charge in [-0.2, -0.15) is 8.78 Å². The Balaban J connectivity index is 1.47. The van der Waals surface area contributed by atoms with E-state index in [4.69, 9.17) is 0 Å². The molecule has 0 unspecified atom stereocenters. The molecule has 176 valence electrons. The minimum atomic E-state index is -2.88. The third-order valence-corrected chi connectivity index (χ3v) is 6.50. The van der Waals surface area contributed by atoms with Crippen molar-refractivity contribution in [2.45, 2.75) is 65.0 Å². The maximum atomic E-state index is 13.0. The molecule has 1 aliphatic heterocycles. The standard InChI is InChI=1S/C23H31F2N3O4/c1-22(2,3)16-8-11-23(12-9-16)19(30)28(21(31)27-23)14-18(29)26-13-10-15-4-6-17(7-5-15)32-20(24)25/h4-7,16,20H,8-14H2,1-3H3,(H,26,29)(H,27,31). The minimum Gasteiger partial charge on any atom is -0.435 e. The number of rotatable bonds is 7. The summed E-state index contributed by atoms with van der Waals surface area (Å²) in [5.41, 5.74) is 0.0982. The van der Waals surface area contributed by atoms with Gasteiger partial charge in [0.15, 0.2) is 0 Å². The quantitative estimate of drug-likeness (QED) is 0.622. The topological polar surface area (TPSA) is 87.7 Å². The predicted molar refractivity (Wildman–Crippen MR) is 114 cm³/mol.